The molecule has 0 amide bonds. The Balaban J connectivity index is 1.44. The minimum absolute atomic E-state index is 0.224. The topological polar surface area (TPSA) is 44.5 Å². The second-order valence-electron chi connectivity index (χ2n) is 7.91. The van der Waals surface area contributed by atoms with E-state index in [1.807, 2.05) is 12.4 Å². The fraction of sp³-hybridized carbons (Fsp3) is 0.375. The highest BCUT2D eigenvalue weighted by Crippen LogP contribution is 2.19. The van der Waals surface area contributed by atoms with Crippen LogP contribution in [0.2, 0.25) is 0 Å². The Hall–Kier alpha value is -2.47. The maximum atomic E-state index is 9.60. The van der Waals surface area contributed by atoms with E-state index in [1.165, 1.54) is 11.1 Å². The van der Waals surface area contributed by atoms with Crippen LogP contribution in [-0.4, -0.2) is 56.7 Å². The van der Waals surface area contributed by atoms with Gasteiger partial charge in [0, 0.05) is 56.9 Å². The molecule has 0 bridgehead atoms. The number of benzene rings is 2. The van der Waals surface area contributed by atoms with Gasteiger partial charge in [0.25, 0.3) is 0 Å². The van der Waals surface area contributed by atoms with E-state index in [0.717, 1.165) is 50.7 Å². The Bertz CT molecular complexity index is 908. The van der Waals surface area contributed by atoms with Crippen molar-refractivity contribution in [3.05, 3.63) is 83.9 Å². The Labute approximate surface area is 173 Å². The highest BCUT2D eigenvalue weighted by Gasteiger charge is 2.27. The van der Waals surface area contributed by atoms with Gasteiger partial charge in [0.2, 0.25) is 0 Å². The Kier molecular flexibility index (Phi) is 6.39. The molecule has 0 spiro atoms. The first-order chi connectivity index (χ1) is 14.2. The molecule has 4 rings (SSSR count). The predicted octanol–water partition coefficient (Wildman–Crippen LogP) is 3.25. The predicted molar refractivity (Wildman–Crippen MR) is 116 cm³/mol. The van der Waals surface area contributed by atoms with Crippen molar-refractivity contribution in [2.75, 3.05) is 26.2 Å². The van der Waals surface area contributed by atoms with Crippen LogP contribution in [0.4, 0.5) is 0 Å². The van der Waals surface area contributed by atoms with Gasteiger partial charge in [-0.25, -0.2) is 4.98 Å². The third kappa shape index (κ3) is 4.93. The standard InChI is InChI=1S/C24H30N4O/c1-20-6-5-9-22(16-20)28-12-11-25-24(28)19-26-13-14-27(23(18-26)10-15-29)17-21-7-3-2-4-8-21/h2-9,11-12,16,23,29H,10,13-15,17-19H2,1H3/t23-/m1/s1. The van der Waals surface area contributed by atoms with Gasteiger partial charge in [-0.1, -0.05) is 42.5 Å². The molecule has 1 fully saturated rings. The maximum absolute atomic E-state index is 9.60. The normalized spacial score (nSPS) is 18.2. The number of rotatable bonds is 7. The Morgan fingerprint density at radius 2 is 1.90 bits per heavy atom. The molecule has 152 valence electrons. The number of hydrogen-bond acceptors (Lipinski definition) is 4. The zero-order chi connectivity index (χ0) is 20.1. The van der Waals surface area contributed by atoms with Crippen molar-refractivity contribution in [1.29, 1.82) is 0 Å². The molecule has 1 atom stereocenters. The molecule has 1 aliphatic rings. The minimum Gasteiger partial charge on any atom is -0.396 e. The summed E-state index contributed by atoms with van der Waals surface area (Å²) >= 11 is 0. The number of aliphatic hydroxyl groups excluding tert-OH is 1. The smallest absolute Gasteiger partial charge is 0.127 e. The number of aliphatic hydroxyl groups is 1. The van der Waals surface area contributed by atoms with Gasteiger partial charge in [0.05, 0.1) is 6.54 Å². The fourth-order valence-electron chi connectivity index (χ4n) is 4.21. The summed E-state index contributed by atoms with van der Waals surface area (Å²) in [6.45, 7) is 7.07. The quantitative estimate of drug-likeness (QED) is 0.673. The highest BCUT2D eigenvalue weighted by atomic mass is 16.3. The summed E-state index contributed by atoms with van der Waals surface area (Å²) in [5.41, 5.74) is 3.74. The van der Waals surface area contributed by atoms with Crippen LogP contribution in [0.15, 0.2) is 67.0 Å². The third-order valence-corrected chi connectivity index (χ3v) is 5.74. The van der Waals surface area contributed by atoms with Crippen molar-refractivity contribution in [3.8, 4) is 5.69 Å². The van der Waals surface area contributed by atoms with Gasteiger partial charge < -0.3 is 9.67 Å². The SMILES string of the molecule is Cc1cccc(-n2ccnc2CN2CCN(Cc3ccccc3)[C@H](CCO)C2)c1. The van der Waals surface area contributed by atoms with Gasteiger partial charge in [-0.3, -0.25) is 9.80 Å². The number of aromatic nitrogens is 2. The van der Waals surface area contributed by atoms with Gasteiger partial charge in [0.1, 0.15) is 5.82 Å². The van der Waals surface area contributed by atoms with Crippen molar-refractivity contribution >= 4 is 0 Å². The number of piperazine rings is 1. The summed E-state index contributed by atoms with van der Waals surface area (Å²) in [4.78, 5) is 9.61. The van der Waals surface area contributed by atoms with Crippen LogP contribution in [-0.2, 0) is 13.1 Å². The van der Waals surface area contributed by atoms with Crippen molar-refractivity contribution in [1.82, 2.24) is 19.4 Å². The summed E-state index contributed by atoms with van der Waals surface area (Å²) in [6, 6.07) is 19.5. The number of nitrogens with zero attached hydrogens (tertiary/aromatic N) is 4. The summed E-state index contributed by atoms with van der Waals surface area (Å²) in [5.74, 6) is 1.06. The van der Waals surface area contributed by atoms with Crippen LogP contribution in [0.1, 0.15) is 23.4 Å². The summed E-state index contributed by atoms with van der Waals surface area (Å²) in [7, 11) is 0. The van der Waals surface area contributed by atoms with Gasteiger partial charge >= 0.3 is 0 Å². The van der Waals surface area contributed by atoms with E-state index >= 15 is 0 Å². The maximum Gasteiger partial charge on any atom is 0.127 e. The lowest BCUT2D eigenvalue weighted by molar-refractivity contribution is 0.0486. The van der Waals surface area contributed by atoms with Crippen molar-refractivity contribution in [3.63, 3.8) is 0 Å². The molecule has 0 aliphatic carbocycles. The van der Waals surface area contributed by atoms with Crippen LogP contribution in [0, 0.1) is 6.92 Å². The molecule has 1 aromatic heterocycles. The Morgan fingerprint density at radius 1 is 1.03 bits per heavy atom. The van der Waals surface area contributed by atoms with E-state index in [1.54, 1.807) is 0 Å². The van der Waals surface area contributed by atoms with E-state index in [0.29, 0.717) is 6.04 Å². The molecule has 2 heterocycles. The molecule has 29 heavy (non-hydrogen) atoms. The molecule has 5 nitrogen and oxygen atoms in total. The molecule has 1 aliphatic heterocycles. The molecule has 2 aromatic carbocycles. The molecule has 0 saturated carbocycles. The third-order valence-electron chi connectivity index (χ3n) is 5.74. The van der Waals surface area contributed by atoms with E-state index in [4.69, 9.17) is 0 Å². The van der Waals surface area contributed by atoms with Crippen molar-refractivity contribution < 1.29 is 5.11 Å². The summed E-state index contributed by atoms with van der Waals surface area (Å²) < 4.78 is 2.18. The van der Waals surface area contributed by atoms with E-state index in [2.05, 4.69) is 80.9 Å². The van der Waals surface area contributed by atoms with Gasteiger partial charge in [-0.2, -0.15) is 0 Å². The molecule has 3 aromatic rings. The number of imidazole rings is 1. The molecule has 0 radical (unpaired) electrons. The van der Waals surface area contributed by atoms with E-state index in [9.17, 15) is 5.11 Å². The minimum atomic E-state index is 0.224. The van der Waals surface area contributed by atoms with Crippen LogP contribution in [0.3, 0.4) is 0 Å². The lowest BCUT2D eigenvalue weighted by Crippen LogP contribution is -2.52. The Morgan fingerprint density at radius 3 is 2.69 bits per heavy atom. The first kappa shape index (κ1) is 19.8. The van der Waals surface area contributed by atoms with E-state index in [-0.39, 0.29) is 6.61 Å². The monoisotopic (exact) mass is 390 g/mol. The van der Waals surface area contributed by atoms with Crippen molar-refractivity contribution in [2.24, 2.45) is 0 Å². The number of aryl methyl sites for hydroxylation is 1. The lowest BCUT2D eigenvalue weighted by Gasteiger charge is -2.41. The van der Waals surface area contributed by atoms with Crippen LogP contribution in [0.25, 0.3) is 5.69 Å². The van der Waals surface area contributed by atoms with Gasteiger partial charge in [-0.05, 0) is 36.6 Å². The molecular formula is C24H30N4O. The zero-order valence-corrected chi connectivity index (χ0v) is 17.1. The van der Waals surface area contributed by atoms with Crippen LogP contribution < -0.4 is 0 Å². The lowest BCUT2D eigenvalue weighted by atomic mass is 10.1. The van der Waals surface area contributed by atoms with Gasteiger partial charge in [-0.15, -0.1) is 0 Å². The van der Waals surface area contributed by atoms with Crippen LogP contribution >= 0.6 is 0 Å². The zero-order valence-electron chi connectivity index (χ0n) is 17.1. The molecule has 0 unspecified atom stereocenters. The van der Waals surface area contributed by atoms with Crippen LogP contribution in [0.5, 0.6) is 0 Å². The summed E-state index contributed by atoms with van der Waals surface area (Å²) in [5, 5.41) is 9.60. The second-order valence-corrected chi connectivity index (χ2v) is 7.91. The highest BCUT2D eigenvalue weighted by molar-refractivity contribution is 5.36. The summed E-state index contributed by atoms with van der Waals surface area (Å²) in [6.07, 6.45) is 4.73. The fourth-order valence-corrected chi connectivity index (χ4v) is 4.21. The molecule has 1 N–H and O–H groups in total. The average Bonchev–Trinajstić information content (AvgIpc) is 3.19. The average molecular weight is 391 g/mol. The number of hydrogen-bond donors (Lipinski definition) is 1. The molecular weight excluding hydrogens is 360 g/mol. The first-order valence-electron chi connectivity index (χ1n) is 10.4. The van der Waals surface area contributed by atoms with E-state index < -0.39 is 0 Å². The molecule has 5 heteroatoms. The van der Waals surface area contributed by atoms with Crippen molar-refractivity contribution in [2.45, 2.75) is 32.5 Å². The molecule has 1 saturated heterocycles. The second kappa shape index (κ2) is 9.35. The van der Waals surface area contributed by atoms with Gasteiger partial charge in [0.15, 0.2) is 0 Å². The largest absolute Gasteiger partial charge is 0.396 e. The first-order valence-corrected chi connectivity index (χ1v) is 10.4.